The van der Waals surface area contributed by atoms with Crippen LogP contribution in [0.2, 0.25) is 0 Å². The molecule has 2 aliphatic heterocycles. The summed E-state index contributed by atoms with van der Waals surface area (Å²) < 4.78 is 12.7. The molecule has 26 heavy (non-hydrogen) atoms. The summed E-state index contributed by atoms with van der Waals surface area (Å²) >= 11 is 0. The second kappa shape index (κ2) is 6.96. The fourth-order valence-corrected chi connectivity index (χ4v) is 3.93. The van der Waals surface area contributed by atoms with E-state index in [9.17, 15) is 9.59 Å². The van der Waals surface area contributed by atoms with Crippen molar-refractivity contribution in [1.82, 2.24) is 9.47 Å². The maximum absolute atomic E-state index is 13.2. The van der Waals surface area contributed by atoms with Gasteiger partial charge in [-0.05, 0) is 30.5 Å². The van der Waals surface area contributed by atoms with E-state index in [0.29, 0.717) is 13.0 Å². The first-order chi connectivity index (χ1) is 12.7. The van der Waals surface area contributed by atoms with Crippen molar-refractivity contribution < 1.29 is 19.1 Å². The number of methoxy groups -OCH3 is 1. The van der Waals surface area contributed by atoms with Gasteiger partial charge in [-0.25, -0.2) is 0 Å². The summed E-state index contributed by atoms with van der Waals surface area (Å²) in [6.45, 7) is 0.514. The Labute approximate surface area is 152 Å². The summed E-state index contributed by atoms with van der Waals surface area (Å²) in [5.74, 6) is -0.284. The van der Waals surface area contributed by atoms with Crippen LogP contribution in [0.25, 0.3) is 0 Å². The predicted molar refractivity (Wildman–Crippen MR) is 94.2 cm³/mol. The molecule has 1 saturated heterocycles. The van der Waals surface area contributed by atoms with Crippen LogP contribution in [0.1, 0.15) is 36.4 Å². The number of carbonyl (C=O) groups is 2. The first kappa shape index (κ1) is 16.8. The molecule has 1 amide bonds. The lowest BCUT2D eigenvalue weighted by atomic mass is 10.0. The lowest BCUT2D eigenvalue weighted by Gasteiger charge is -2.38. The van der Waals surface area contributed by atoms with E-state index in [1.165, 1.54) is 12.7 Å². The average Bonchev–Trinajstić information content (AvgIpc) is 3.29. The van der Waals surface area contributed by atoms with Gasteiger partial charge in [-0.2, -0.15) is 0 Å². The molecule has 0 N–H and O–H groups in total. The van der Waals surface area contributed by atoms with Crippen molar-refractivity contribution in [1.29, 1.82) is 0 Å². The van der Waals surface area contributed by atoms with Crippen molar-refractivity contribution in [3.05, 3.63) is 59.9 Å². The van der Waals surface area contributed by atoms with Gasteiger partial charge in [0.25, 0.3) is 0 Å². The van der Waals surface area contributed by atoms with E-state index in [0.717, 1.165) is 12.1 Å². The molecule has 0 aliphatic carbocycles. The fraction of sp³-hybridized carbons (Fsp3) is 0.400. The molecule has 4 rings (SSSR count). The lowest BCUT2D eigenvalue weighted by molar-refractivity contribution is -0.147. The first-order valence-corrected chi connectivity index (χ1v) is 8.90. The Balaban J connectivity index is 1.59. The number of aromatic nitrogens is 1. The zero-order valence-corrected chi connectivity index (χ0v) is 14.7. The van der Waals surface area contributed by atoms with Gasteiger partial charge in [0.1, 0.15) is 6.04 Å². The maximum Gasteiger partial charge on any atom is 0.305 e. The zero-order chi connectivity index (χ0) is 18.1. The molecule has 0 bridgehead atoms. The van der Waals surface area contributed by atoms with E-state index in [1.807, 2.05) is 46.0 Å². The smallest absolute Gasteiger partial charge is 0.305 e. The minimum atomic E-state index is -0.393. The highest BCUT2D eigenvalue weighted by molar-refractivity contribution is 5.83. The molecule has 3 heterocycles. The van der Waals surface area contributed by atoms with Gasteiger partial charge in [0.15, 0.2) is 6.23 Å². The molecule has 6 nitrogen and oxygen atoms in total. The van der Waals surface area contributed by atoms with Crippen molar-refractivity contribution in [2.75, 3.05) is 13.7 Å². The quantitative estimate of drug-likeness (QED) is 0.774. The summed E-state index contributed by atoms with van der Waals surface area (Å²) in [4.78, 5) is 26.7. The second-order valence-corrected chi connectivity index (χ2v) is 6.75. The van der Waals surface area contributed by atoms with E-state index in [2.05, 4.69) is 12.1 Å². The molecule has 3 atom stereocenters. The minimum absolute atomic E-state index is 0.000762. The van der Waals surface area contributed by atoms with Gasteiger partial charge in [-0.3, -0.25) is 9.59 Å². The normalized spacial score (nSPS) is 24.3. The van der Waals surface area contributed by atoms with Crippen LogP contribution in [-0.4, -0.2) is 41.1 Å². The van der Waals surface area contributed by atoms with Gasteiger partial charge in [0.2, 0.25) is 5.91 Å². The van der Waals surface area contributed by atoms with E-state index in [-0.39, 0.29) is 30.6 Å². The van der Waals surface area contributed by atoms with Crippen molar-refractivity contribution in [2.24, 2.45) is 0 Å². The molecule has 2 aromatic rings. The molecule has 1 aromatic carbocycles. The van der Waals surface area contributed by atoms with Gasteiger partial charge >= 0.3 is 5.97 Å². The van der Waals surface area contributed by atoms with Gasteiger partial charge in [-0.15, -0.1) is 0 Å². The number of benzene rings is 1. The lowest BCUT2D eigenvalue weighted by Crippen LogP contribution is -2.47. The van der Waals surface area contributed by atoms with Crippen LogP contribution in [0, 0.1) is 0 Å². The van der Waals surface area contributed by atoms with E-state index >= 15 is 0 Å². The Hall–Kier alpha value is -2.60. The molecule has 1 aromatic heterocycles. The topological polar surface area (TPSA) is 60.8 Å². The van der Waals surface area contributed by atoms with Gasteiger partial charge in [-0.1, -0.05) is 30.3 Å². The number of hydrogen-bond acceptors (Lipinski definition) is 4. The van der Waals surface area contributed by atoms with Crippen LogP contribution in [0.3, 0.4) is 0 Å². The summed E-state index contributed by atoms with van der Waals surface area (Å²) in [7, 11) is 1.37. The van der Waals surface area contributed by atoms with Crippen LogP contribution >= 0.6 is 0 Å². The molecule has 1 unspecified atom stereocenters. The maximum atomic E-state index is 13.2. The molecule has 136 valence electrons. The number of amides is 1. The molecular weight excluding hydrogens is 332 g/mol. The first-order valence-electron chi connectivity index (χ1n) is 8.90. The highest BCUT2D eigenvalue weighted by atomic mass is 16.5. The Morgan fingerprint density at radius 3 is 2.81 bits per heavy atom. The number of ether oxygens (including phenoxy) is 2. The molecule has 0 saturated carbocycles. The number of esters is 1. The fourth-order valence-electron chi connectivity index (χ4n) is 3.93. The highest BCUT2D eigenvalue weighted by Crippen LogP contribution is 2.40. The molecule has 2 aliphatic rings. The molecule has 0 radical (unpaired) electrons. The summed E-state index contributed by atoms with van der Waals surface area (Å²) in [5.41, 5.74) is 2.15. The third-order valence-corrected chi connectivity index (χ3v) is 5.20. The van der Waals surface area contributed by atoms with Crippen LogP contribution < -0.4 is 0 Å². The zero-order valence-electron chi connectivity index (χ0n) is 14.7. The average molecular weight is 354 g/mol. The Kier molecular flexibility index (Phi) is 4.51. The van der Waals surface area contributed by atoms with Gasteiger partial charge < -0.3 is 18.9 Å². The number of hydrogen-bond donors (Lipinski definition) is 0. The van der Waals surface area contributed by atoms with Gasteiger partial charge in [0.05, 0.1) is 25.5 Å². The van der Waals surface area contributed by atoms with Crippen molar-refractivity contribution >= 4 is 11.9 Å². The van der Waals surface area contributed by atoms with E-state index in [1.54, 1.807) is 0 Å². The highest BCUT2D eigenvalue weighted by Gasteiger charge is 2.46. The third-order valence-electron chi connectivity index (χ3n) is 5.20. The summed E-state index contributed by atoms with van der Waals surface area (Å²) in [6, 6.07) is 13.6. The van der Waals surface area contributed by atoms with Crippen LogP contribution in [0.4, 0.5) is 0 Å². The van der Waals surface area contributed by atoms with Crippen molar-refractivity contribution in [2.45, 2.75) is 37.6 Å². The largest absolute Gasteiger partial charge is 0.469 e. The molecular formula is C20H22N2O4. The Bertz CT molecular complexity index is 801. The molecule has 6 heteroatoms. The van der Waals surface area contributed by atoms with Crippen LogP contribution in [0.5, 0.6) is 0 Å². The Morgan fingerprint density at radius 2 is 2.04 bits per heavy atom. The third kappa shape index (κ3) is 2.90. The number of rotatable bonds is 5. The van der Waals surface area contributed by atoms with E-state index < -0.39 is 6.04 Å². The van der Waals surface area contributed by atoms with E-state index in [4.69, 9.17) is 9.47 Å². The SMILES string of the molecule is COC(=O)CC[C@H]1C(=O)N2C(OC[C@@H]2Cc2ccccc2)c2cccn21. The van der Waals surface area contributed by atoms with Crippen LogP contribution in [-0.2, 0) is 25.5 Å². The predicted octanol–water partition coefficient (Wildman–Crippen LogP) is 2.46. The number of carbonyl (C=O) groups excluding carboxylic acids is 2. The van der Waals surface area contributed by atoms with Crippen LogP contribution in [0.15, 0.2) is 48.7 Å². The van der Waals surface area contributed by atoms with Crippen molar-refractivity contribution in [3.63, 3.8) is 0 Å². The van der Waals surface area contributed by atoms with Gasteiger partial charge in [0, 0.05) is 12.6 Å². The minimum Gasteiger partial charge on any atom is -0.469 e. The number of fused-ring (bicyclic) bond motifs is 3. The molecule has 0 spiro atoms. The Morgan fingerprint density at radius 1 is 1.23 bits per heavy atom. The summed E-state index contributed by atoms with van der Waals surface area (Å²) in [5, 5.41) is 0. The number of nitrogens with zero attached hydrogens (tertiary/aromatic N) is 2. The monoisotopic (exact) mass is 354 g/mol. The standard InChI is InChI=1S/C20H22N2O4/c1-25-18(23)10-9-16-19(24)22-15(12-14-6-3-2-4-7-14)13-26-20(22)17-8-5-11-21(16)17/h2-8,11,15-16,20H,9-10,12-13H2,1H3/t15-,16-,20?/m0/s1. The summed E-state index contributed by atoms with van der Waals surface area (Å²) in [6.07, 6.45) is 2.94. The second-order valence-electron chi connectivity index (χ2n) is 6.75. The molecule has 1 fully saturated rings. The van der Waals surface area contributed by atoms with Crippen molar-refractivity contribution in [3.8, 4) is 0 Å².